The molecule has 0 saturated heterocycles. The molecule has 2 heterocycles. The molecule has 0 unspecified atom stereocenters. The zero-order valence-electron chi connectivity index (χ0n) is 13.6. The van der Waals surface area contributed by atoms with Gasteiger partial charge in [0.2, 0.25) is 5.16 Å². The number of fused-ring (bicyclic) bond motifs is 1. The number of thiazole rings is 1. The lowest BCUT2D eigenvalue weighted by atomic mass is 10.2. The molecule has 10 heteroatoms. The molecule has 0 aliphatic rings. The Morgan fingerprint density at radius 3 is 2.73 bits per heavy atom. The summed E-state index contributed by atoms with van der Waals surface area (Å²) in [5.41, 5.74) is 1.86. The van der Waals surface area contributed by atoms with E-state index in [1.54, 1.807) is 22.9 Å². The quantitative estimate of drug-likeness (QED) is 0.506. The van der Waals surface area contributed by atoms with Crippen LogP contribution in [0, 0.1) is 0 Å². The monoisotopic (exact) mass is 403 g/mol. The SMILES string of the molecule is CS(=O)(=O)c1ccc2nc(Sc3nnnn3Cc3ccccc3)sc2c1. The third-order valence-corrected chi connectivity index (χ3v) is 6.79. The van der Waals surface area contributed by atoms with Crippen molar-refractivity contribution in [2.45, 2.75) is 20.9 Å². The Bertz CT molecular complexity index is 1170. The van der Waals surface area contributed by atoms with Gasteiger partial charge in [-0.25, -0.2) is 18.1 Å². The van der Waals surface area contributed by atoms with Crippen LogP contribution in [-0.2, 0) is 16.4 Å². The summed E-state index contributed by atoms with van der Waals surface area (Å²) in [5.74, 6) is 0. The highest BCUT2D eigenvalue weighted by Gasteiger charge is 2.14. The molecule has 0 fully saturated rings. The number of aromatic nitrogens is 5. The lowest BCUT2D eigenvalue weighted by molar-refractivity contribution is 0.602. The number of tetrazole rings is 1. The average molecular weight is 404 g/mol. The molecule has 0 amide bonds. The van der Waals surface area contributed by atoms with Crippen molar-refractivity contribution in [1.29, 1.82) is 0 Å². The molecule has 4 aromatic rings. The molecule has 132 valence electrons. The van der Waals surface area contributed by atoms with Gasteiger partial charge in [-0.15, -0.1) is 16.4 Å². The van der Waals surface area contributed by atoms with Gasteiger partial charge in [0.1, 0.15) is 0 Å². The van der Waals surface area contributed by atoms with Crippen molar-refractivity contribution in [2.24, 2.45) is 0 Å². The fourth-order valence-electron chi connectivity index (χ4n) is 2.36. The lowest BCUT2D eigenvalue weighted by Crippen LogP contribution is -2.03. The van der Waals surface area contributed by atoms with Gasteiger partial charge in [-0.1, -0.05) is 30.3 Å². The summed E-state index contributed by atoms with van der Waals surface area (Å²) in [4.78, 5) is 4.83. The molecular formula is C16H13N5O2S3. The van der Waals surface area contributed by atoms with Crippen molar-refractivity contribution in [3.05, 3.63) is 54.1 Å². The second-order valence-corrected chi connectivity index (χ2v) is 9.85. The molecule has 4 rings (SSSR count). The predicted octanol–water partition coefficient (Wildman–Crippen LogP) is 2.89. The van der Waals surface area contributed by atoms with Crippen LogP contribution in [0.25, 0.3) is 10.2 Å². The summed E-state index contributed by atoms with van der Waals surface area (Å²) < 4.78 is 26.7. The minimum Gasteiger partial charge on any atom is -0.229 e. The fraction of sp³-hybridized carbons (Fsp3) is 0.125. The summed E-state index contributed by atoms with van der Waals surface area (Å²) >= 11 is 2.78. The van der Waals surface area contributed by atoms with E-state index in [9.17, 15) is 8.42 Å². The molecule has 0 atom stereocenters. The number of nitrogens with zero attached hydrogens (tertiary/aromatic N) is 5. The third kappa shape index (κ3) is 3.62. The highest BCUT2D eigenvalue weighted by molar-refractivity contribution is 8.01. The summed E-state index contributed by atoms with van der Waals surface area (Å²) in [6, 6.07) is 14.9. The first kappa shape index (κ1) is 17.1. The molecule has 0 radical (unpaired) electrons. The first-order chi connectivity index (χ1) is 12.5. The van der Waals surface area contributed by atoms with E-state index in [1.165, 1.54) is 29.4 Å². The number of sulfone groups is 1. The van der Waals surface area contributed by atoms with Gasteiger partial charge in [0.25, 0.3) is 0 Å². The van der Waals surface area contributed by atoms with Crippen LogP contribution in [0.1, 0.15) is 5.56 Å². The smallest absolute Gasteiger partial charge is 0.216 e. The van der Waals surface area contributed by atoms with E-state index in [0.29, 0.717) is 16.6 Å². The Morgan fingerprint density at radius 1 is 1.15 bits per heavy atom. The Morgan fingerprint density at radius 2 is 1.96 bits per heavy atom. The Hall–Kier alpha value is -2.30. The van der Waals surface area contributed by atoms with Crippen LogP contribution in [0.5, 0.6) is 0 Å². The Labute approximate surface area is 158 Å². The zero-order valence-corrected chi connectivity index (χ0v) is 16.1. The van der Waals surface area contributed by atoms with Crippen LogP contribution < -0.4 is 0 Å². The summed E-state index contributed by atoms with van der Waals surface area (Å²) in [5, 5.41) is 12.5. The molecule has 0 bridgehead atoms. The second-order valence-electron chi connectivity index (χ2n) is 5.59. The van der Waals surface area contributed by atoms with Gasteiger partial charge in [0.15, 0.2) is 14.2 Å². The summed E-state index contributed by atoms with van der Waals surface area (Å²) in [7, 11) is -3.24. The molecule has 7 nitrogen and oxygen atoms in total. The minimum atomic E-state index is -3.24. The molecule has 0 aliphatic carbocycles. The largest absolute Gasteiger partial charge is 0.229 e. The maximum Gasteiger partial charge on any atom is 0.216 e. The molecule has 2 aromatic heterocycles. The molecule has 0 aliphatic heterocycles. The van der Waals surface area contributed by atoms with E-state index >= 15 is 0 Å². The lowest BCUT2D eigenvalue weighted by Gasteiger charge is -2.02. The van der Waals surface area contributed by atoms with Crippen LogP contribution in [0.4, 0.5) is 0 Å². The average Bonchev–Trinajstić information content (AvgIpc) is 3.21. The number of hydrogen-bond donors (Lipinski definition) is 0. The van der Waals surface area contributed by atoms with Crippen LogP contribution >= 0.6 is 23.1 Å². The van der Waals surface area contributed by atoms with E-state index in [0.717, 1.165) is 20.1 Å². The van der Waals surface area contributed by atoms with Crippen molar-refractivity contribution < 1.29 is 8.42 Å². The maximum atomic E-state index is 11.7. The van der Waals surface area contributed by atoms with Gasteiger partial charge < -0.3 is 0 Å². The van der Waals surface area contributed by atoms with Crippen molar-refractivity contribution in [2.75, 3.05) is 6.26 Å². The van der Waals surface area contributed by atoms with Gasteiger partial charge in [0, 0.05) is 6.26 Å². The Kier molecular flexibility index (Phi) is 4.47. The second kappa shape index (κ2) is 6.78. The zero-order chi connectivity index (χ0) is 18.1. The number of benzene rings is 2. The summed E-state index contributed by atoms with van der Waals surface area (Å²) in [6.45, 7) is 0.569. The maximum absolute atomic E-state index is 11.7. The Balaban J connectivity index is 1.61. The minimum absolute atomic E-state index is 0.291. The van der Waals surface area contributed by atoms with Gasteiger partial charge in [0.05, 0.1) is 21.7 Å². The van der Waals surface area contributed by atoms with E-state index in [-0.39, 0.29) is 0 Å². The molecular weight excluding hydrogens is 390 g/mol. The summed E-state index contributed by atoms with van der Waals surface area (Å²) in [6.07, 6.45) is 1.20. The molecule has 0 saturated carbocycles. The standard InChI is InChI=1S/C16H13N5O2S3/c1-26(22,23)12-7-8-13-14(9-12)24-16(17-13)25-15-18-19-20-21(15)10-11-5-3-2-4-6-11/h2-9H,10H2,1H3. The van der Waals surface area contributed by atoms with E-state index < -0.39 is 9.84 Å². The van der Waals surface area contributed by atoms with Crippen LogP contribution in [0.2, 0.25) is 0 Å². The highest BCUT2D eigenvalue weighted by atomic mass is 32.2. The van der Waals surface area contributed by atoms with Gasteiger partial charge >= 0.3 is 0 Å². The van der Waals surface area contributed by atoms with Crippen molar-refractivity contribution in [3.63, 3.8) is 0 Å². The van der Waals surface area contributed by atoms with Crippen molar-refractivity contribution >= 4 is 43.2 Å². The number of hydrogen-bond acceptors (Lipinski definition) is 8. The topological polar surface area (TPSA) is 90.6 Å². The van der Waals surface area contributed by atoms with Crippen LogP contribution in [-0.4, -0.2) is 39.9 Å². The van der Waals surface area contributed by atoms with E-state index in [4.69, 9.17) is 0 Å². The van der Waals surface area contributed by atoms with Crippen LogP contribution in [0.3, 0.4) is 0 Å². The predicted molar refractivity (Wildman–Crippen MR) is 100 cm³/mol. The molecule has 0 N–H and O–H groups in total. The first-order valence-corrected chi connectivity index (χ1v) is 11.1. The van der Waals surface area contributed by atoms with E-state index in [2.05, 4.69) is 20.5 Å². The van der Waals surface area contributed by atoms with Gasteiger partial charge in [-0.05, 0) is 46.0 Å². The third-order valence-electron chi connectivity index (χ3n) is 3.62. The molecule has 0 spiro atoms. The van der Waals surface area contributed by atoms with Crippen LogP contribution in [0.15, 0.2) is 62.9 Å². The first-order valence-electron chi connectivity index (χ1n) is 7.58. The normalized spacial score (nSPS) is 11.9. The molecule has 26 heavy (non-hydrogen) atoms. The van der Waals surface area contributed by atoms with Gasteiger partial charge in [-0.2, -0.15) is 0 Å². The highest BCUT2D eigenvalue weighted by Crippen LogP contribution is 2.34. The molecule has 2 aromatic carbocycles. The van der Waals surface area contributed by atoms with Gasteiger partial charge in [-0.3, -0.25) is 0 Å². The number of rotatable bonds is 5. The van der Waals surface area contributed by atoms with Crippen molar-refractivity contribution in [1.82, 2.24) is 25.2 Å². The van der Waals surface area contributed by atoms with Crippen molar-refractivity contribution in [3.8, 4) is 0 Å². The van der Waals surface area contributed by atoms with E-state index in [1.807, 2.05) is 30.3 Å². The fourth-order valence-corrected chi connectivity index (χ4v) is 5.06.